The summed E-state index contributed by atoms with van der Waals surface area (Å²) in [5.41, 5.74) is 2.61. The molecule has 2 aromatic carbocycles. The van der Waals surface area contributed by atoms with Crippen molar-refractivity contribution in [2.45, 2.75) is 13.3 Å². The summed E-state index contributed by atoms with van der Waals surface area (Å²) in [5, 5.41) is 0. The molecule has 2 nitrogen and oxygen atoms in total. The zero-order chi connectivity index (χ0) is 16.4. The molecular formula is C18H14FNOS2. The lowest BCUT2D eigenvalue weighted by molar-refractivity contribution is -0.113. The van der Waals surface area contributed by atoms with Gasteiger partial charge in [-0.15, -0.1) is 0 Å². The number of rotatable bonds is 3. The first-order chi connectivity index (χ1) is 11.1. The summed E-state index contributed by atoms with van der Waals surface area (Å²) >= 11 is 6.57. The van der Waals surface area contributed by atoms with E-state index < -0.39 is 0 Å². The minimum atomic E-state index is -0.329. The third kappa shape index (κ3) is 3.35. The molecule has 23 heavy (non-hydrogen) atoms. The first-order valence-electron chi connectivity index (χ1n) is 7.21. The number of aryl methyl sites for hydroxylation is 1. The lowest BCUT2D eigenvalue weighted by Crippen LogP contribution is -2.27. The monoisotopic (exact) mass is 343 g/mol. The molecule has 1 heterocycles. The Morgan fingerprint density at radius 3 is 2.61 bits per heavy atom. The molecule has 0 atom stereocenters. The minimum absolute atomic E-state index is 0.173. The molecule has 0 aromatic heterocycles. The zero-order valence-corrected chi connectivity index (χ0v) is 14.1. The summed E-state index contributed by atoms with van der Waals surface area (Å²) in [6.45, 7) is 2.08. The molecule has 116 valence electrons. The summed E-state index contributed by atoms with van der Waals surface area (Å²) in [6.07, 6.45) is 2.61. The second kappa shape index (κ2) is 6.64. The van der Waals surface area contributed by atoms with Crippen molar-refractivity contribution >= 4 is 46.0 Å². The average Bonchev–Trinajstić information content (AvgIpc) is 2.81. The summed E-state index contributed by atoms with van der Waals surface area (Å²) in [7, 11) is 0. The van der Waals surface area contributed by atoms with Gasteiger partial charge in [0.25, 0.3) is 5.91 Å². The molecule has 0 bridgehead atoms. The molecule has 2 aromatic rings. The number of anilines is 1. The van der Waals surface area contributed by atoms with Gasteiger partial charge in [-0.3, -0.25) is 9.69 Å². The Morgan fingerprint density at radius 1 is 1.22 bits per heavy atom. The highest BCUT2D eigenvalue weighted by molar-refractivity contribution is 8.27. The van der Waals surface area contributed by atoms with Crippen molar-refractivity contribution in [3.8, 4) is 0 Å². The fraction of sp³-hybridized carbons (Fsp3) is 0.111. The van der Waals surface area contributed by atoms with Crippen molar-refractivity contribution in [1.29, 1.82) is 0 Å². The number of amides is 1. The third-order valence-electron chi connectivity index (χ3n) is 3.54. The van der Waals surface area contributed by atoms with E-state index in [-0.39, 0.29) is 11.7 Å². The van der Waals surface area contributed by atoms with Crippen molar-refractivity contribution < 1.29 is 9.18 Å². The van der Waals surface area contributed by atoms with Gasteiger partial charge in [0, 0.05) is 0 Å². The standard InChI is InChI=1S/C18H14FNOS2/c1-2-12-6-8-15(9-7-12)20-17(21)16(23-18(20)22)11-13-4-3-5-14(19)10-13/h3-11H,2H2,1H3/b16-11-. The quantitative estimate of drug-likeness (QED) is 0.590. The number of hydrogen-bond acceptors (Lipinski definition) is 3. The van der Waals surface area contributed by atoms with Crippen LogP contribution in [0.25, 0.3) is 6.08 Å². The molecule has 1 aliphatic rings. The van der Waals surface area contributed by atoms with Crippen molar-refractivity contribution in [2.24, 2.45) is 0 Å². The van der Waals surface area contributed by atoms with Gasteiger partial charge in [-0.25, -0.2) is 4.39 Å². The second-order valence-electron chi connectivity index (χ2n) is 5.09. The van der Waals surface area contributed by atoms with Crippen molar-refractivity contribution in [1.82, 2.24) is 0 Å². The fourth-order valence-corrected chi connectivity index (χ4v) is 3.62. The van der Waals surface area contributed by atoms with E-state index in [1.165, 1.54) is 34.4 Å². The van der Waals surface area contributed by atoms with Gasteiger partial charge in [0.15, 0.2) is 4.32 Å². The number of carbonyl (C=O) groups is 1. The van der Waals surface area contributed by atoms with Gasteiger partial charge in [-0.05, 0) is 47.9 Å². The molecule has 1 saturated heterocycles. The van der Waals surface area contributed by atoms with Gasteiger partial charge in [0.05, 0.1) is 10.6 Å². The van der Waals surface area contributed by atoms with E-state index in [0.29, 0.717) is 14.8 Å². The molecule has 0 radical (unpaired) electrons. The van der Waals surface area contributed by atoms with Crippen LogP contribution in [0.2, 0.25) is 0 Å². The molecule has 1 amide bonds. The SMILES string of the molecule is CCc1ccc(N2C(=O)/C(=C/c3cccc(F)c3)SC2=S)cc1. The Hall–Kier alpha value is -1.98. The summed E-state index contributed by atoms with van der Waals surface area (Å²) in [5.74, 6) is -0.502. The van der Waals surface area contributed by atoms with Crippen LogP contribution in [0.15, 0.2) is 53.4 Å². The molecule has 0 N–H and O–H groups in total. The van der Waals surface area contributed by atoms with Crippen LogP contribution >= 0.6 is 24.0 Å². The van der Waals surface area contributed by atoms with Crippen molar-refractivity contribution in [3.05, 3.63) is 70.4 Å². The highest BCUT2D eigenvalue weighted by atomic mass is 32.2. The van der Waals surface area contributed by atoms with E-state index in [2.05, 4.69) is 6.92 Å². The number of hydrogen-bond donors (Lipinski definition) is 0. The Balaban J connectivity index is 1.90. The minimum Gasteiger partial charge on any atom is -0.268 e. The molecule has 0 saturated carbocycles. The average molecular weight is 343 g/mol. The maximum absolute atomic E-state index is 13.3. The van der Waals surface area contributed by atoms with E-state index in [4.69, 9.17) is 12.2 Å². The molecule has 5 heteroatoms. The number of nitrogens with zero attached hydrogens (tertiary/aromatic N) is 1. The van der Waals surface area contributed by atoms with Gasteiger partial charge < -0.3 is 0 Å². The molecule has 1 aliphatic heterocycles. The van der Waals surface area contributed by atoms with Crippen LogP contribution in [0, 0.1) is 5.82 Å². The van der Waals surface area contributed by atoms with Gasteiger partial charge >= 0.3 is 0 Å². The third-order valence-corrected chi connectivity index (χ3v) is 4.85. The van der Waals surface area contributed by atoms with E-state index in [1.54, 1.807) is 18.2 Å². The summed E-state index contributed by atoms with van der Waals surface area (Å²) < 4.78 is 13.8. The van der Waals surface area contributed by atoms with Gasteiger partial charge in [0.1, 0.15) is 5.82 Å². The normalized spacial score (nSPS) is 16.4. The number of halogens is 1. The topological polar surface area (TPSA) is 20.3 Å². The van der Waals surface area contributed by atoms with Crippen LogP contribution in [-0.4, -0.2) is 10.2 Å². The van der Waals surface area contributed by atoms with E-state index >= 15 is 0 Å². The molecule has 0 aliphatic carbocycles. The van der Waals surface area contributed by atoms with Crippen LogP contribution in [0.3, 0.4) is 0 Å². The van der Waals surface area contributed by atoms with E-state index in [9.17, 15) is 9.18 Å². The van der Waals surface area contributed by atoms with Crippen LogP contribution in [0.5, 0.6) is 0 Å². The molecule has 0 unspecified atom stereocenters. The number of thiocarbonyl (C=S) groups is 1. The Kier molecular flexibility index (Phi) is 4.59. The zero-order valence-electron chi connectivity index (χ0n) is 12.5. The molecule has 1 fully saturated rings. The second-order valence-corrected chi connectivity index (χ2v) is 6.77. The van der Waals surface area contributed by atoms with E-state index in [0.717, 1.165) is 12.1 Å². The van der Waals surface area contributed by atoms with Crippen molar-refractivity contribution in [2.75, 3.05) is 4.90 Å². The first-order valence-corrected chi connectivity index (χ1v) is 8.43. The highest BCUT2D eigenvalue weighted by Gasteiger charge is 2.33. The molecule has 3 rings (SSSR count). The summed E-state index contributed by atoms with van der Waals surface area (Å²) in [4.78, 5) is 14.6. The van der Waals surface area contributed by atoms with E-state index in [1.807, 2.05) is 24.3 Å². The number of carbonyl (C=O) groups excluding carboxylic acids is 1. The van der Waals surface area contributed by atoms with Gasteiger partial charge in [0.2, 0.25) is 0 Å². The summed E-state index contributed by atoms with van der Waals surface area (Å²) in [6, 6.07) is 13.9. The number of thioether (sulfide) groups is 1. The molecular weight excluding hydrogens is 329 g/mol. The van der Waals surface area contributed by atoms with Crippen LogP contribution in [-0.2, 0) is 11.2 Å². The predicted molar refractivity (Wildman–Crippen MR) is 97.9 cm³/mol. The predicted octanol–water partition coefficient (Wildman–Crippen LogP) is 4.79. The highest BCUT2D eigenvalue weighted by Crippen LogP contribution is 2.36. The fourth-order valence-electron chi connectivity index (χ4n) is 2.32. The maximum Gasteiger partial charge on any atom is 0.270 e. The lowest BCUT2D eigenvalue weighted by Gasteiger charge is -2.14. The lowest BCUT2D eigenvalue weighted by atomic mass is 10.1. The Bertz CT molecular complexity index is 799. The Labute approximate surface area is 144 Å². The number of benzene rings is 2. The smallest absolute Gasteiger partial charge is 0.268 e. The Morgan fingerprint density at radius 2 is 1.96 bits per heavy atom. The van der Waals surface area contributed by atoms with Crippen LogP contribution < -0.4 is 4.90 Å². The van der Waals surface area contributed by atoms with Gasteiger partial charge in [-0.2, -0.15) is 0 Å². The van der Waals surface area contributed by atoms with Crippen LogP contribution in [0.4, 0.5) is 10.1 Å². The van der Waals surface area contributed by atoms with Crippen molar-refractivity contribution in [3.63, 3.8) is 0 Å². The molecule has 0 spiro atoms. The largest absolute Gasteiger partial charge is 0.270 e. The van der Waals surface area contributed by atoms with Gasteiger partial charge in [-0.1, -0.05) is 55.2 Å². The maximum atomic E-state index is 13.3. The van der Waals surface area contributed by atoms with Crippen LogP contribution in [0.1, 0.15) is 18.1 Å². The first kappa shape index (κ1) is 15.9.